The van der Waals surface area contributed by atoms with Gasteiger partial charge in [-0.1, -0.05) is 209 Å². The predicted octanol–water partition coefficient (Wildman–Crippen LogP) is 15.9. The van der Waals surface area contributed by atoms with Gasteiger partial charge in [-0.2, -0.15) is 0 Å². The van der Waals surface area contributed by atoms with Gasteiger partial charge in [-0.3, -0.25) is 14.4 Å². The van der Waals surface area contributed by atoms with Crippen LogP contribution in [0.25, 0.3) is 0 Å². The van der Waals surface area contributed by atoms with Crippen LogP contribution >= 0.6 is 0 Å². The highest BCUT2D eigenvalue weighted by molar-refractivity contribution is 5.74. The van der Waals surface area contributed by atoms with Crippen LogP contribution in [-0.2, 0) is 42.9 Å². The summed E-state index contributed by atoms with van der Waals surface area (Å²) in [6.07, 6.45) is 55.4. The first kappa shape index (κ1) is 70.9. The highest BCUT2D eigenvalue weighted by Crippen LogP contribution is 2.26. The van der Waals surface area contributed by atoms with Crippen molar-refractivity contribution in [1.29, 1.82) is 0 Å². The second-order valence-electron chi connectivity index (χ2n) is 20.6. The Morgan fingerprint density at radius 2 is 0.818 bits per heavy atom. The number of allylic oxidation sites excluding steroid dienone is 14. The van der Waals surface area contributed by atoms with Crippen LogP contribution in [-0.4, -0.2) is 89.2 Å². The van der Waals surface area contributed by atoms with Crippen LogP contribution in [0.4, 0.5) is 0 Å². The standard InChI is InChI=1S/C65H108O12/c1-4-7-10-13-16-19-22-25-28-29-32-35-38-41-44-47-50-53-59(68)76-63-61(70)60(69)62(64(71)72)77-65(63)74-55-56(75-58(67)52-49-46-43-40-37-34-31-27-24-21-18-15-12-9-6-3)54-73-57(66)51-48-45-42-39-36-33-30-26-23-20-17-14-11-8-5-2/h7-8,10-11,16-17,19-20,25-28,30-31,56,60-63,65,69-70H,4-6,9,12-15,18,21-24,29,32-55H2,1-3H3,(H,71,72)/b10-7-,11-8-,19-16-,20-17-,28-25-,30-26-,31-27-. The fourth-order valence-electron chi connectivity index (χ4n) is 8.80. The summed E-state index contributed by atoms with van der Waals surface area (Å²) in [4.78, 5) is 51.2. The average Bonchev–Trinajstić information content (AvgIpc) is 3.43. The molecule has 0 amide bonds. The Hall–Kier alpha value is -4.10. The molecule has 77 heavy (non-hydrogen) atoms. The van der Waals surface area contributed by atoms with Crippen molar-refractivity contribution in [3.05, 3.63) is 85.1 Å². The van der Waals surface area contributed by atoms with Gasteiger partial charge < -0.3 is 39.0 Å². The molecule has 6 unspecified atom stereocenters. The van der Waals surface area contributed by atoms with E-state index in [-0.39, 0.29) is 25.9 Å². The lowest BCUT2D eigenvalue weighted by Crippen LogP contribution is -2.61. The maximum atomic E-state index is 13.2. The third-order valence-electron chi connectivity index (χ3n) is 13.4. The lowest BCUT2D eigenvalue weighted by atomic mass is 9.98. The zero-order valence-corrected chi connectivity index (χ0v) is 48.4. The molecule has 0 aliphatic carbocycles. The molecule has 0 aromatic rings. The van der Waals surface area contributed by atoms with Crippen LogP contribution in [0.2, 0.25) is 0 Å². The molecule has 0 saturated carbocycles. The fraction of sp³-hybridized carbons (Fsp3) is 0.723. The van der Waals surface area contributed by atoms with Crippen LogP contribution in [0.1, 0.15) is 252 Å². The van der Waals surface area contributed by atoms with Crippen LogP contribution in [0.3, 0.4) is 0 Å². The van der Waals surface area contributed by atoms with E-state index in [0.717, 1.165) is 154 Å². The van der Waals surface area contributed by atoms with Crippen LogP contribution in [0, 0.1) is 0 Å². The zero-order valence-electron chi connectivity index (χ0n) is 48.4. The monoisotopic (exact) mass is 1080 g/mol. The van der Waals surface area contributed by atoms with Crippen LogP contribution < -0.4 is 0 Å². The number of aliphatic hydroxyl groups excluding tert-OH is 2. The summed E-state index contributed by atoms with van der Waals surface area (Å²) in [5, 5.41) is 31.5. The molecule has 1 aliphatic heterocycles. The first-order valence-electron chi connectivity index (χ1n) is 30.6. The molecule has 0 spiro atoms. The molecule has 12 nitrogen and oxygen atoms in total. The summed E-state index contributed by atoms with van der Waals surface area (Å²) in [5.41, 5.74) is 0. The van der Waals surface area contributed by atoms with Gasteiger partial charge in [-0.25, -0.2) is 4.79 Å². The van der Waals surface area contributed by atoms with Crippen molar-refractivity contribution in [2.75, 3.05) is 13.2 Å². The van der Waals surface area contributed by atoms with Gasteiger partial charge in [0.1, 0.15) is 18.8 Å². The van der Waals surface area contributed by atoms with Crippen molar-refractivity contribution >= 4 is 23.9 Å². The molecule has 1 rings (SSSR count). The van der Waals surface area contributed by atoms with Gasteiger partial charge in [-0.15, -0.1) is 0 Å². The van der Waals surface area contributed by atoms with E-state index >= 15 is 0 Å². The van der Waals surface area contributed by atoms with E-state index in [9.17, 15) is 34.5 Å². The molecule has 3 N–H and O–H groups in total. The number of rotatable bonds is 51. The second-order valence-corrected chi connectivity index (χ2v) is 20.6. The van der Waals surface area contributed by atoms with Crippen molar-refractivity contribution < 1.29 is 58.2 Å². The minimum absolute atomic E-state index is 0.0439. The lowest BCUT2D eigenvalue weighted by molar-refractivity contribution is -0.301. The van der Waals surface area contributed by atoms with Crippen LogP contribution in [0.5, 0.6) is 0 Å². The van der Waals surface area contributed by atoms with E-state index in [4.69, 9.17) is 23.7 Å². The molecule has 440 valence electrons. The van der Waals surface area contributed by atoms with Gasteiger partial charge in [0.2, 0.25) is 0 Å². The van der Waals surface area contributed by atoms with Gasteiger partial charge in [0.25, 0.3) is 0 Å². The number of ether oxygens (including phenoxy) is 5. The number of carbonyl (C=O) groups excluding carboxylic acids is 3. The Bertz CT molecular complexity index is 1660. The smallest absolute Gasteiger partial charge is 0.335 e. The maximum Gasteiger partial charge on any atom is 0.335 e. The number of carboxylic acid groups (broad SMARTS) is 1. The Labute approximate surface area is 467 Å². The summed E-state index contributed by atoms with van der Waals surface area (Å²) in [5.74, 6) is -3.16. The normalized spacial score (nSPS) is 18.6. The number of hydrogen-bond acceptors (Lipinski definition) is 11. The Morgan fingerprint density at radius 3 is 1.26 bits per heavy atom. The molecule has 6 atom stereocenters. The van der Waals surface area contributed by atoms with Gasteiger partial charge in [0.15, 0.2) is 24.6 Å². The van der Waals surface area contributed by atoms with E-state index in [1.54, 1.807) is 0 Å². The number of carboxylic acids is 1. The van der Waals surface area contributed by atoms with Crippen molar-refractivity contribution in [3.8, 4) is 0 Å². The summed E-state index contributed by atoms with van der Waals surface area (Å²) in [6.45, 7) is 5.75. The molecule has 0 radical (unpaired) electrons. The average molecular weight is 1080 g/mol. The summed E-state index contributed by atoms with van der Waals surface area (Å²) in [6, 6.07) is 0. The van der Waals surface area contributed by atoms with Crippen molar-refractivity contribution in [2.24, 2.45) is 0 Å². The van der Waals surface area contributed by atoms with Crippen molar-refractivity contribution in [2.45, 2.75) is 289 Å². The largest absolute Gasteiger partial charge is 0.479 e. The summed E-state index contributed by atoms with van der Waals surface area (Å²) < 4.78 is 28.4. The van der Waals surface area contributed by atoms with Crippen LogP contribution in [0.15, 0.2) is 85.1 Å². The molecular weight excluding hydrogens is 973 g/mol. The SMILES string of the molecule is CC/C=C\C/C=C\C/C=C\CCCCCCCCCC(=O)OC1C(OCC(COC(=O)CCCCCCC/C=C\C/C=C\C/C=C\CC)OC(=O)CCCCCCC/C=C\CCCCCCCC)OC(C(=O)O)C(O)C1O. The molecule has 1 aliphatic rings. The lowest BCUT2D eigenvalue weighted by Gasteiger charge is -2.40. The number of aliphatic carboxylic acids is 1. The van der Waals surface area contributed by atoms with E-state index in [2.05, 4.69) is 106 Å². The van der Waals surface area contributed by atoms with E-state index in [0.29, 0.717) is 19.3 Å². The molecule has 12 heteroatoms. The van der Waals surface area contributed by atoms with Gasteiger partial charge >= 0.3 is 23.9 Å². The van der Waals surface area contributed by atoms with Gasteiger partial charge in [0.05, 0.1) is 6.61 Å². The number of aliphatic hydroxyl groups is 2. The molecular formula is C65H108O12. The minimum atomic E-state index is -1.91. The first-order chi connectivity index (χ1) is 37.6. The predicted molar refractivity (Wildman–Crippen MR) is 312 cm³/mol. The molecule has 1 heterocycles. The van der Waals surface area contributed by atoms with E-state index in [1.165, 1.54) is 38.5 Å². The van der Waals surface area contributed by atoms with Gasteiger partial charge in [-0.05, 0) is 109 Å². The number of unbranched alkanes of at least 4 members (excludes halogenated alkanes) is 23. The molecule has 0 bridgehead atoms. The van der Waals surface area contributed by atoms with Crippen molar-refractivity contribution in [3.63, 3.8) is 0 Å². The topological polar surface area (TPSA) is 175 Å². The molecule has 0 aromatic heterocycles. The first-order valence-corrected chi connectivity index (χ1v) is 30.6. The number of hydrogen-bond donors (Lipinski definition) is 3. The quantitative estimate of drug-likeness (QED) is 0.0228. The highest BCUT2D eigenvalue weighted by atomic mass is 16.7. The summed E-state index contributed by atoms with van der Waals surface area (Å²) >= 11 is 0. The maximum absolute atomic E-state index is 13.2. The van der Waals surface area contributed by atoms with Gasteiger partial charge in [0, 0.05) is 19.3 Å². The van der Waals surface area contributed by atoms with E-state index in [1.807, 2.05) is 0 Å². The third kappa shape index (κ3) is 42.5. The Balaban J connectivity index is 2.70. The molecule has 0 aromatic carbocycles. The molecule has 1 fully saturated rings. The van der Waals surface area contributed by atoms with E-state index < -0.39 is 67.3 Å². The Kier molecular flexibility index (Phi) is 48.4. The van der Waals surface area contributed by atoms with Crippen molar-refractivity contribution in [1.82, 2.24) is 0 Å². The highest BCUT2D eigenvalue weighted by Gasteiger charge is 2.50. The minimum Gasteiger partial charge on any atom is -0.479 e. The zero-order chi connectivity index (χ0) is 56.1. The molecule has 1 saturated heterocycles. The number of esters is 3. The Morgan fingerprint density at radius 1 is 0.442 bits per heavy atom. The second kappa shape index (κ2) is 52.6. The fourth-order valence-corrected chi connectivity index (χ4v) is 8.80. The third-order valence-corrected chi connectivity index (χ3v) is 13.4. The number of carbonyl (C=O) groups is 4. The summed E-state index contributed by atoms with van der Waals surface area (Å²) in [7, 11) is 0.